The highest BCUT2D eigenvalue weighted by Crippen LogP contribution is 2.21. The molecular formula is C14H16F3N3O4. The van der Waals surface area contributed by atoms with Gasteiger partial charge in [0, 0.05) is 26.3 Å². The van der Waals surface area contributed by atoms with E-state index in [4.69, 9.17) is 5.11 Å². The number of fused-ring (bicyclic) bond motifs is 1. The lowest BCUT2D eigenvalue weighted by Gasteiger charge is -2.29. The lowest BCUT2D eigenvalue weighted by atomic mass is 9.96. The third-order valence-corrected chi connectivity index (χ3v) is 3.73. The van der Waals surface area contributed by atoms with Crippen LogP contribution in [0.25, 0.3) is 0 Å². The van der Waals surface area contributed by atoms with Gasteiger partial charge in [-0.25, -0.2) is 0 Å². The first-order valence-electron chi connectivity index (χ1n) is 7.09. The second-order valence-electron chi connectivity index (χ2n) is 5.45. The smallest absolute Gasteiger partial charge is 0.387 e. The fourth-order valence-corrected chi connectivity index (χ4v) is 2.61. The summed E-state index contributed by atoms with van der Waals surface area (Å²) in [6.45, 7) is -1.96. The van der Waals surface area contributed by atoms with Crippen molar-refractivity contribution in [3.8, 4) is 0 Å². The van der Waals surface area contributed by atoms with Crippen molar-refractivity contribution >= 4 is 11.8 Å². The van der Waals surface area contributed by atoms with Crippen LogP contribution in [-0.4, -0.2) is 52.3 Å². The van der Waals surface area contributed by atoms with Crippen LogP contribution in [0.3, 0.4) is 0 Å². The Labute approximate surface area is 134 Å². The minimum atomic E-state index is -4.58. The van der Waals surface area contributed by atoms with Gasteiger partial charge in [0.15, 0.2) is 0 Å². The van der Waals surface area contributed by atoms with Gasteiger partial charge in [-0.15, -0.1) is 0 Å². The molecule has 0 spiro atoms. The molecule has 10 heteroatoms. The number of halogens is 3. The number of alkyl halides is 3. The first kappa shape index (κ1) is 18.0. The van der Waals surface area contributed by atoms with Crippen molar-refractivity contribution in [3.63, 3.8) is 0 Å². The number of pyridine rings is 1. The van der Waals surface area contributed by atoms with Crippen LogP contribution >= 0.6 is 0 Å². The number of nitrogens with zero attached hydrogens (tertiary/aromatic N) is 2. The summed E-state index contributed by atoms with van der Waals surface area (Å²) in [5.41, 5.74) is -0.215. The SMILES string of the molecule is Cn1cc2c(c(C(=O)NCC(F)(F)F)c1=O)CCN(C(=O)CO)C2. The average Bonchev–Trinajstić information content (AvgIpc) is 2.52. The number of aliphatic hydroxyl groups excluding tert-OH is 1. The van der Waals surface area contributed by atoms with E-state index in [9.17, 15) is 27.6 Å². The van der Waals surface area contributed by atoms with E-state index in [1.54, 1.807) is 5.32 Å². The number of hydrogen-bond acceptors (Lipinski definition) is 4. The average molecular weight is 347 g/mol. The van der Waals surface area contributed by atoms with Gasteiger partial charge >= 0.3 is 6.18 Å². The van der Waals surface area contributed by atoms with Crippen molar-refractivity contribution in [2.24, 2.45) is 7.05 Å². The highest BCUT2D eigenvalue weighted by atomic mass is 19.4. The summed E-state index contributed by atoms with van der Waals surface area (Å²) in [6, 6.07) is 0. The summed E-state index contributed by atoms with van der Waals surface area (Å²) in [5.74, 6) is -1.59. The molecule has 0 aromatic carbocycles. The number of rotatable bonds is 3. The maximum absolute atomic E-state index is 12.3. The van der Waals surface area contributed by atoms with E-state index < -0.39 is 36.7 Å². The van der Waals surface area contributed by atoms with Crippen LogP contribution in [0.2, 0.25) is 0 Å². The van der Waals surface area contributed by atoms with Gasteiger partial charge in [-0.1, -0.05) is 0 Å². The van der Waals surface area contributed by atoms with Gasteiger partial charge < -0.3 is 19.9 Å². The zero-order valence-corrected chi connectivity index (χ0v) is 12.8. The Morgan fingerprint density at radius 3 is 2.62 bits per heavy atom. The number of aromatic nitrogens is 1. The largest absolute Gasteiger partial charge is 0.405 e. The third kappa shape index (κ3) is 3.75. The molecule has 2 N–H and O–H groups in total. The molecule has 1 aliphatic rings. The maximum atomic E-state index is 12.3. The molecule has 0 radical (unpaired) electrons. The lowest BCUT2D eigenvalue weighted by molar-refractivity contribution is -0.135. The van der Waals surface area contributed by atoms with Crippen LogP contribution in [0.15, 0.2) is 11.0 Å². The number of nitrogens with one attached hydrogen (secondary N) is 1. The minimum Gasteiger partial charge on any atom is -0.387 e. The molecule has 0 fully saturated rings. The summed E-state index contributed by atoms with van der Waals surface area (Å²) in [7, 11) is 1.37. The molecular weight excluding hydrogens is 331 g/mol. The van der Waals surface area contributed by atoms with Gasteiger partial charge in [0.05, 0.1) is 0 Å². The molecule has 1 aromatic heterocycles. The van der Waals surface area contributed by atoms with E-state index in [2.05, 4.69) is 0 Å². The molecule has 1 aliphatic heterocycles. The van der Waals surface area contributed by atoms with Crippen LogP contribution in [0, 0.1) is 0 Å². The maximum Gasteiger partial charge on any atom is 0.405 e. The van der Waals surface area contributed by atoms with E-state index in [-0.39, 0.29) is 25.1 Å². The second kappa shape index (κ2) is 6.63. The van der Waals surface area contributed by atoms with Crippen molar-refractivity contribution in [2.45, 2.75) is 19.1 Å². The Morgan fingerprint density at radius 1 is 1.38 bits per heavy atom. The Bertz CT molecular complexity index is 727. The number of hydrogen-bond donors (Lipinski definition) is 2. The van der Waals surface area contributed by atoms with Crippen LogP contribution < -0.4 is 10.9 Å². The molecule has 0 saturated carbocycles. The standard InChI is InChI=1S/C14H16F3N3O4/c1-19-4-8-5-20(10(22)6-21)3-2-9(8)11(13(19)24)12(23)18-7-14(15,16)17/h4,21H,2-3,5-7H2,1H3,(H,18,23). The monoisotopic (exact) mass is 347 g/mol. The second-order valence-corrected chi connectivity index (χ2v) is 5.45. The van der Waals surface area contributed by atoms with Crippen molar-refractivity contribution in [1.82, 2.24) is 14.8 Å². The number of carbonyl (C=O) groups excluding carboxylic acids is 2. The Kier molecular flexibility index (Phi) is 4.97. The predicted molar refractivity (Wildman–Crippen MR) is 76.3 cm³/mol. The molecule has 0 atom stereocenters. The van der Waals surface area contributed by atoms with Gasteiger partial charge in [-0.3, -0.25) is 14.4 Å². The summed E-state index contributed by atoms with van der Waals surface area (Å²) < 4.78 is 37.9. The van der Waals surface area contributed by atoms with Gasteiger partial charge in [-0.05, 0) is 17.5 Å². The quantitative estimate of drug-likeness (QED) is 0.775. The summed E-state index contributed by atoms with van der Waals surface area (Å²) in [5, 5.41) is 10.6. The van der Waals surface area contributed by atoms with Gasteiger partial charge in [-0.2, -0.15) is 13.2 Å². The summed E-state index contributed by atoms with van der Waals surface area (Å²) in [6.07, 6.45) is -3.00. The van der Waals surface area contributed by atoms with Crippen LogP contribution in [0.1, 0.15) is 21.5 Å². The highest BCUT2D eigenvalue weighted by molar-refractivity contribution is 5.95. The lowest BCUT2D eigenvalue weighted by Crippen LogP contribution is -2.43. The molecule has 1 aromatic rings. The fourth-order valence-electron chi connectivity index (χ4n) is 2.61. The van der Waals surface area contributed by atoms with Crippen LogP contribution in [-0.2, 0) is 24.8 Å². The van der Waals surface area contributed by atoms with E-state index in [1.807, 2.05) is 0 Å². The van der Waals surface area contributed by atoms with E-state index >= 15 is 0 Å². The molecule has 0 aliphatic carbocycles. The Hall–Kier alpha value is -2.36. The number of amides is 2. The van der Waals surface area contributed by atoms with Crippen LogP contribution in [0.4, 0.5) is 13.2 Å². The molecule has 0 saturated heterocycles. The molecule has 24 heavy (non-hydrogen) atoms. The van der Waals surface area contributed by atoms with Crippen molar-refractivity contribution in [2.75, 3.05) is 19.7 Å². The summed E-state index contributed by atoms with van der Waals surface area (Å²) in [4.78, 5) is 37.2. The topological polar surface area (TPSA) is 91.6 Å². The minimum absolute atomic E-state index is 0.0718. The van der Waals surface area contributed by atoms with Gasteiger partial charge in [0.2, 0.25) is 5.91 Å². The van der Waals surface area contributed by atoms with E-state index in [0.717, 1.165) is 4.57 Å². The van der Waals surface area contributed by atoms with Crippen molar-refractivity contribution in [3.05, 3.63) is 33.2 Å². The summed E-state index contributed by atoms with van der Waals surface area (Å²) >= 11 is 0. The Morgan fingerprint density at radius 2 is 2.04 bits per heavy atom. The van der Waals surface area contributed by atoms with Crippen LogP contribution in [0.5, 0.6) is 0 Å². The van der Waals surface area contributed by atoms with E-state index in [0.29, 0.717) is 11.1 Å². The van der Waals surface area contributed by atoms with Gasteiger partial charge in [0.25, 0.3) is 11.5 Å². The molecule has 132 valence electrons. The highest BCUT2D eigenvalue weighted by Gasteiger charge is 2.31. The number of carbonyl (C=O) groups is 2. The normalized spacial score (nSPS) is 14.3. The molecule has 2 heterocycles. The van der Waals surface area contributed by atoms with Gasteiger partial charge in [0.1, 0.15) is 18.7 Å². The first-order chi connectivity index (χ1) is 11.1. The van der Waals surface area contributed by atoms with Crippen molar-refractivity contribution < 1.29 is 27.9 Å². The molecule has 0 unspecified atom stereocenters. The first-order valence-corrected chi connectivity index (χ1v) is 7.09. The predicted octanol–water partition coefficient (Wildman–Crippen LogP) is -0.446. The third-order valence-electron chi connectivity index (χ3n) is 3.73. The Balaban J connectivity index is 2.37. The molecule has 2 rings (SSSR count). The van der Waals surface area contributed by atoms with Crippen molar-refractivity contribution in [1.29, 1.82) is 0 Å². The zero-order chi connectivity index (χ0) is 18.1. The van der Waals surface area contributed by atoms with E-state index in [1.165, 1.54) is 18.1 Å². The zero-order valence-electron chi connectivity index (χ0n) is 12.8. The molecule has 7 nitrogen and oxygen atoms in total. The number of aliphatic hydroxyl groups is 1. The molecule has 2 amide bonds. The molecule has 0 bridgehead atoms. The number of aryl methyl sites for hydroxylation is 1. The fraction of sp³-hybridized carbons (Fsp3) is 0.500.